The number of hydrazine groups is 1. The molecule has 0 bridgehead atoms. The highest BCUT2D eigenvalue weighted by atomic mass is 35.5. The number of nitrogens with two attached hydrogens (primary N) is 1. The van der Waals surface area contributed by atoms with Gasteiger partial charge in [-0.05, 0) is 24.3 Å². The van der Waals surface area contributed by atoms with Crippen LogP contribution in [0.15, 0.2) is 17.2 Å². The van der Waals surface area contributed by atoms with Crippen molar-refractivity contribution in [3.63, 3.8) is 0 Å². The van der Waals surface area contributed by atoms with Crippen molar-refractivity contribution >= 4 is 27.4 Å². The highest BCUT2D eigenvalue weighted by Gasteiger charge is 2.33. The molecule has 0 saturated heterocycles. The zero-order chi connectivity index (χ0) is 14.1. The Kier molecular flexibility index (Phi) is 4.00. The summed E-state index contributed by atoms with van der Waals surface area (Å²) < 4.78 is 26.8. The maximum absolute atomic E-state index is 12.1. The highest BCUT2D eigenvalue weighted by molar-refractivity contribution is 7.89. The molecular formula is C11H17ClN4O2S. The minimum absolute atomic E-state index is 0.0411. The highest BCUT2D eigenvalue weighted by Crippen LogP contribution is 2.39. The second kappa shape index (κ2) is 5.24. The molecular weight excluding hydrogens is 288 g/mol. The van der Waals surface area contributed by atoms with E-state index in [9.17, 15) is 8.42 Å². The zero-order valence-electron chi connectivity index (χ0n) is 10.6. The summed E-state index contributed by atoms with van der Waals surface area (Å²) in [7, 11) is -3.58. The molecule has 1 aromatic heterocycles. The number of nitrogens with one attached hydrogen (secondary N) is 2. The van der Waals surface area contributed by atoms with Crippen LogP contribution >= 0.6 is 11.6 Å². The van der Waals surface area contributed by atoms with Gasteiger partial charge in [0.15, 0.2) is 5.82 Å². The largest absolute Gasteiger partial charge is 0.307 e. The third-order valence-corrected chi connectivity index (χ3v) is 5.17. The average molecular weight is 305 g/mol. The lowest BCUT2D eigenvalue weighted by atomic mass is 9.71. The molecule has 6 nitrogen and oxygen atoms in total. The van der Waals surface area contributed by atoms with E-state index in [1.54, 1.807) is 0 Å². The first kappa shape index (κ1) is 14.5. The molecule has 8 heteroatoms. The van der Waals surface area contributed by atoms with Gasteiger partial charge in [0.2, 0.25) is 10.0 Å². The Morgan fingerprint density at radius 2 is 2.21 bits per heavy atom. The molecule has 19 heavy (non-hydrogen) atoms. The third kappa shape index (κ3) is 3.17. The Balaban J connectivity index is 2.12. The zero-order valence-corrected chi connectivity index (χ0v) is 12.2. The van der Waals surface area contributed by atoms with Crippen LogP contribution in [0.4, 0.5) is 5.82 Å². The number of sulfonamides is 1. The van der Waals surface area contributed by atoms with E-state index in [1.807, 2.05) is 0 Å². The van der Waals surface area contributed by atoms with Crippen LogP contribution in [0.25, 0.3) is 0 Å². The second-order valence-corrected chi connectivity index (χ2v) is 7.31. The van der Waals surface area contributed by atoms with E-state index in [-0.39, 0.29) is 21.2 Å². The predicted octanol–water partition coefficient (Wildman–Crippen LogP) is 1.49. The van der Waals surface area contributed by atoms with Gasteiger partial charge in [0, 0.05) is 12.7 Å². The number of halogens is 1. The summed E-state index contributed by atoms with van der Waals surface area (Å²) in [5.41, 5.74) is 2.36. The van der Waals surface area contributed by atoms with Crippen molar-refractivity contribution in [2.45, 2.75) is 31.1 Å². The number of nitrogens with zero attached hydrogens (tertiary/aromatic N) is 1. The van der Waals surface area contributed by atoms with E-state index < -0.39 is 10.0 Å². The van der Waals surface area contributed by atoms with Crippen LogP contribution in [0.5, 0.6) is 0 Å². The van der Waals surface area contributed by atoms with Crippen molar-refractivity contribution in [1.29, 1.82) is 0 Å². The van der Waals surface area contributed by atoms with Crippen molar-refractivity contribution in [3.8, 4) is 0 Å². The monoisotopic (exact) mass is 304 g/mol. The molecule has 0 unspecified atom stereocenters. The summed E-state index contributed by atoms with van der Waals surface area (Å²) in [5.74, 6) is 5.43. The average Bonchev–Trinajstić information content (AvgIpc) is 2.34. The van der Waals surface area contributed by atoms with Gasteiger partial charge in [-0.15, -0.1) is 0 Å². The molecule has 1 aliphatic rings. The van der Waals surface area contributed by atoms with Gasteiger partial charge in [-0.3, -0.25) is 0 Å². The number of hydrogen-bond acceptors (Lipinski definition) is 5. The lowest BCUT2D eigenvalue weighted by Gasteiger charge is -2.38. The standard InChI is InChI=1S/C11H17ClN4O2S/c1-11(3-2-4-11)7-15-19(17,18)8-5-9(12)10(16-13)14-6-8/h5-6,15H,2-4,7,13H2,1H3,(H,14,16). The first-order valence-corrected chi connectivity index (χ1v) is 7.84. The second-order valence-electron chi connectivity index (χ2n) is 5.13. The molecule has 106 valence electrons. The summed E-state index contributed by atoms with van der Waals surface area (Å²) in [6.45, 7) is 2.51. The molecule has 0 radical (unpaired) electrons. The molecule has 2 rings (SSSR count). The Hall–Kier alpha value is -0.890. The van der Waals surface area contributed by atoms with Crippen molar-refractivity contribution in [2.24, 2.45) is 11.3 Å². The fourth-order valence-corrected chi connectivity index (χ4v) is 3.44. The fourth-order valence-electron chi connectivity index (χ4n) is 1.98. The van der Waals surface area contributed by atoms with Crippen LogP contribution < -0.4 is 16.0 Å². The van der Waals surface area contributed by atoms with E-state index >= 15 is 0 Å². The maximum Gasteiger partial charge on any atom is 0.242 e. The van der Waals surface area contributed by atoms with Gasteiger partial charge < -0.3 is 5.43 Å². The van der Waals surface area contributed by atoms with Crippen molar-refractivity contribution < 1.29 is 8.42 Å². The van der Waals surface area contributed by atoms with E-state index in [4.69, 9.17) is 17.4 Å². The molecule has 4 N–H and O–H groups in total. The van der Waals surface area contributed by atoms with E-state index in [1.165, 1.54) is 12.3 Å². The molecule has 1 saturated carbocycles. The summed E-state index contributed by atoms with van der Waals surface area (Å²) in [5, 5.41) is 0.167. The number of nitrogen functional groups attached to an aromatic ring is 1. The topological polar surface area (TPSA) is 97.1 Å². The van der Waals surface area contributed by atoms with Gasteiger partial charge in [0.1, 0.15) is 4.90 Å². The number of hydrogen-bond donors (Lipinski definition) is 3. The van der Waals surface area contributed by atoms with Crippen molar-refractivity contribution in [3.05, 3.63) is 17.3 Å². The first-order chi connectivity index (χ1) is 8.86. The smallest absolute Gasteiger partial charge is 0.242 e. The SMILES string of the molecule is CC1(CNS(=O)(=O)c2cnc(NN)c(Cl)c2)CCC1. The van der Waals surface area contributed by atoms with Crippen molar-refractivity contribution in [1.82, 2.24) is 9.71 Å². The van der Waals surface area contributed by atoms with E-state index in [2.05, 4.69) is 22.1 Å². The Morgan fingerprint density at radius 3 is 2.68 bits per heavy atom. The first-order valence-electron chi connectivity index (χ1n) is 5.98. The fraction of sp³-hybridized carbons (Fsp3) is 0.545. The summed E-state index contributed by atoms with van der Waals surface area (Å²) >= 11 is 5.87. The van der Waals surface area contributed by atoms with Crippen LogP contribution in [0.1, 0.15) is 26.2 Å². The number of pyridine rings is 1. The normalized spacial score (nSPS) is 17.8. The lowest BCUT2D eigenvalue weighted by Crippen LogP contribution is -2.39. The molecule has 1 fully saturated rings. The molecule has 0 atom stereocenters. The van der Waals surface area contributed by atoms with Crippen LogP contribution in [0.3, 0.4) is 0 Å². The Bertz CT molecular complexity index is 572. The molecule has 0 aromatic carbocycles. The summed E-state index contributed by atoms with van der Waals surface area (Å²) in [6, 6.07) is 1.33. The maximum atomic E-state index is 12.1. The van der Waals surface area contributed by atoms with Gasteiger partial charge in [0.05, 0.1) is 5.02 Å². The molecule has 0 amide bonds. The predicted molar refractivity (Wildman–Crippen MR) is 74.2 cm³/mol. The minimum atomic E-state index is -3.58. The van der Waals surface area contributed by atoms with E-state index in [0.717, 1.165) is 19.3 Å². The Labute approximate surface area is 117 Å². The molecule has 1 aromatic rings. The van der Waals surface area contributed by atoms with Crippen LogP contribution in [0, 0.1) is 5.41 Å². The molecule has 0 spiro atoms. The van der Waals surface area contributed by atoms with Gasteiger partial charge in [-0.2, -0.15) is 0 Å². The van der Waals surface area contributed by atoms with Crippen molar-refractivity contribution in [2.75, 3.05) is 12.0 Å². The number of anilines is 1. The molecule has 0 aliphatic heterocycles. The van der Waals surface area contributed by atoms with E-state index in [0.29, 0.717) is 6.54 Å². The molecule has 1 heterocycles. The van der Waals surface area contributed by atoms with Crippen LogP contribution in [-0.4, -0.2) is 19.9 Å². The van der Waals surface area contributed by atoms with Gasteiger partial charge in [-0.25, -0.2) is 24.0 Å². The number of rotatable bonds is 5. The lowest BCUT2D eigenvalue weighted by molar-refractivity contribution is 0.166. The van der Waals surface area contributed by atoms with Crippen LogP contribution in [0.2, 0.25) is 5.02 Å². The summed E-state index contributed by atoms with van der Waals surface area (Å²) in [4.78, 5) is 3.90. The Morgan fingerprint density at radius 1 is 1.53 bits per heavy atom. The quantitative estimate of drug-likeness (QED) is 0.565. The third-order valence-electron chi connectivity index (χ3n) is 3.51. The number of aromatic nitrogens is 1. The summed E-state index contributed by atoms with van der Waals surface area (Å²) in [6.07, 6.45) is 4.48. The van der Waals surface area contributed by atoms with Crippen LogP contribution in [-0.2, 0) is 10.0 Å². The van der Waals surface area contributed by atoms with Gasteiger partial charge in [-0.1, -0.05) is 24.9 Å². The molecule has 1 aliphatic carbocycles. The minimum Gasteiger partial charge on any atom is -0.307 e. The van der Waals surface area contributed by atoms with Gasteiger partial charge >= 0.3 is 0 Å². The van der Waals surface area contributed by atoms with Gasteiger partial charge in [0.25, 0.3) is 0 Å².